The van der Waals surface area contributed by atoms with Gasteiger partial charge < -0.3 is 9.26 Å². The Balaban J connectivity index is 1.69. The summed E-state index contributed by atoms with van der Waals surface area (Å²) in [5.41, 5.74) is 3.20. The van der Waals surface area contributed by atoms with Gasteiger partial charge in [-0.25, -0.2) is 0 Å². The maximum Gasteiger partial charge on any atom is 0.243 e. The van der Waals surface area contributed by atoms with E-state index in [0.717, 1.165) is 31.0 Å². The van der Waals surface area contributed by atoms with E-state index in [9.17, 15) is 4.79 Å². The summed E-state index contributed by atoms with van der Waals surface area (Å²) in [6.45, 7) is 5.27. The number of aromatic nitrogens is 1. The maximum absolute atomic E-state index is 12.4. The van der Waals surface area contributed by atoms with Crippen LogP contribution < -0.4 is 10.1 Å². The van der Waals surface area contributed by atoms with E-state index in [0.29, 0.717) is 5.88 Å². The second kappa shape index (κ2) is 6.42. The number of methoxy groups -OCH3 is 1. The minimum atomic E-state index is -0.250. The quantitative estimate of drug-likeness (QED) is 0.938. The zero-order valence-corrected chi connectivity index (χ0v) is 13.6. The van der Waals surface area contributed by atoms with Gasteiger partial charge in [0.1, 0.15) is 5.75 Å². The molecule has 0 aliphatic carbocycles. The lowest BCUT2D eigenvalue weighted by atomic mass is 9.97. The Morgan fingerprint density at radius 3 is 3.00 bits per heavy atom. The van der Waals surface area contributed by atoms with Crippen molar-refractivity contribution in [3.05, 3.63) is 41.1 Å². The molecule has 1 aliphatic heterocycles. The van der Waals surface area contributed by atoms with Crippen LogP contribution in [0.1, 0.15) is 23.7 Å². The van der Waals surface area contributed by atoms with Crippen molar-refractivity contribution in [1.82, 2.24) is 10.1 Å². The third-order valence-electron chi connectivity index (χ3n) is 4.27. The first kappa shape index (κ1) is 15.6. The summed E-state index contributed by atoms with van der Waals surface area (Å²) >= 11 is 0. The topological polar surface area (TPSA) is 67.6 Å². The number of ether oxygens (including phenoxy) is 1. The van der Waals surface area contributed by atoms with Gasteiger partial charge in [-0.05, 0) is 37.5 Å². The standard InChI is InChI=1S/C17H21N3O3/c1-11-9-16(23-19-11)18-17(21)12(2)20-8-7-14-13(10-20)5-4-6-15(14)22-3/h4-6,9,12H,7-8,10H2,1-3H3,(H,18,21). The highest BCUT2D eigenvalue weighted by atomic mass is 16.5. The molecule has 122 valence electrons. The van der Waals surface area contributed by atoms with Crippen LogP contribution in [0.2, 0.25) is 0 Å². The number of aryl methyl sites for hydroxylation is 1. The van der Waals surface area contributed by atoms with E-state index < -0.39 is 0 Å². The first-order chi connectivity index (χ1) is 11.1. The van der Waals surface area contributed by atoms with Crippen molar-refractivity contribution < 1.29 is 14.1 Å². The molecule has 23 heavy (non-hydrogen) atoms. The molecule has 0 spiro atoms. The average molecular weight is 315 g/mol. The molecule has 2 heterocycles. The Labute approximate surface area is 135 Å². The van der Waals surface area contributed by atoms with E-state index in [4.69, 9.17) is 9.26 Å². The lowest BCUT2D eigenvalue weighted by molar-refractivity contribution is -0.121. The zero-order valence-electron chi connectivity index (χ0n) is 13.6. The SMILES string of the molecule is COc1cccc2c1CCN(C(C)C(=O)Nc1cc(C)no1)C2. The Bertz CT molecular complexity index is 711. The molecule has 1 aliphatic rings. The number of benzene rings is 1. The van der Waals surface area contributed by atoms with Gasteiger partial charge in [0.15, 0.2) is 0 Å². The monoisotopic (exact) mass is 315 g/mol. The smallest absolute Gasteiger partial charge is 0.243 e. The molecule has 0 saturated heterocycles. The number of fused-ring (bicyclic) bond motifs is 1. The molecule has 6 heteroatoms. The highest BCUT2D eigenvalue weighted by molar-refractivity contribution is 5.93. The fourth-order valence-electron chi connectivity index (χ4n) is 2.93. The van der Waals surface area contributed by atoms with E-state index in [1.807, 2.05) is 26.0 Å². The van der Waals surface area contributed by atoms with Crippen molar-refractivity contribution >= 4 is 11.8 Å². The molecule has 0 bridgehead atoms. The predicted octanol–water partition coefficient (Wildman–Crippen LogP) is 2.38. The van der Waals surface area contributed by atoms with Gasteiger partial charge in [-0.15, -0.1) is 0 Å². The molecular formula is C17H21N3O3. The maximum atomic E-state index is 12.4. The fourth-order valence-corrected chi connectivity index (χ4v) is 2.93. The van der Waals surface area contributed by atoms with Crippen LogP contribution in [0.4, 0.5) is 5.88 Å². The molecule has 0 radical (unpaired) electrons. The molecule has 3 rings (SSSR count). The third-order valence-corrected chi connectivity index (χ3v) is 4.27. The van der Waals surface area contributed by atoms with Crippen LogP contribution in [0, 0.1) is 6.92 Å². The lowest BCUT2D eigenvalue weighted by Crippen LogP contribution is -2.44. The molecule has 1 atom stereocenters. The predicted molar refractivity (Wildman–Crippen MR) is 86.4 cm³/mol. The third kappa shape index (κ3) is 3.22. The van der Waals surface area contributed by atoms with Crippen molar-refractivity contribution in [2.24, 2.45) is 0 Å². The van der Waals surface area contributed by atoms with Crippen molar-refractivity contribution in [3.63, 3.8) is 0 Å². The van der Waals surface area contributed by atoms with Gasteiger partial charge in [0, 0.05) is 19.2 Å². The highest BCUT2D eigenvalue weighted by Gasteiger charge is 2.27. The van der Waals surface area contributed by atoms with Gasteiger partial charge in [-0.1, -0.05) is 17.3 Å². The second-order valence-electron chi connectivity index (χ2n) is 5.82. The summed E-state index contributed by atoms with van der Waals surface area (Å²) in [5, 5.41) is 6.55. The number of carbonyl (C=O) groups excluding carboxylic acids is 1. The molecule has 1 N–H and O–H groups in total. The molecule has 1 aromatic heterocycles. The Hall–Kier alpha value is -2.34. The average Bonchev–Trinajstić information content (AvgIpc) is 2.97. The van der Waals surface area contributed by atoms with E-state index in [-0.39, 0.29) is 11.9 Å². The van der Waals surface area contributed by atoms with E-state index >= 15 is 0 Å². The zero-order chi connectivity index (χ0) is 16.4. The molecular weight excluding hydrogens is 294 g/mol. The van der Waals surface area contributed by atoms with Crippen LogP contribution in [-0.2, 0) is 17.8 Å². The van der Waals surface area contributed by atoms with Gasteiger partial charge in [-0.2, -0.15) is 0 Å². The molecule has 6 nitrogen and oxygen atoms in total. The molecule has 1 aromatic carbocycles. The molecule has 1 unspecified atom stereocenters. The Kier molecular flexibility index (Phi) is 4.34. The summed E-state index contributed by atoms with van der Waals surface area (Å²) in [4.78, 5) is 14.5. The number of rotatable bonds is 4. The van der Waals surface area contributed by atoms with Crippen molar-refractivity contribution in [2.75, 3.05) is 19.0 Å². The minimum absolute atomic E-state index is 0.0903. The van der Waals surface area contributed by atoms with Crippen molar-refractivity contribution in [3.8, 4) is 5.75 Å². The number of amides is 1. The van der Waals surface area contributed by atoms with Gasteiger partial charge in [0.2, 0.25) is 11.8 Å². The summed E-state index contributed by atoms with van der Waals surface area (Å²) in [5.74, 6) is 1.22. The Morgan fingerprint density at radius 2 is 2.30 bits per heavy atom. The number of nitrogens with one attached hydrogen (secondary N) is 1. The number of hydrogen-bond acceptors (Lipinski definition) is 5. The molecule has 0 fully saturated rings. The number of anilines is 1. The normalized spacial score (nSPS) is 15.8. The van der Waals surface area contributed by atoms with E-state index in [1.54, 1.807) is 13.2 Å². The van der Waals surface area contributed by atoms with Gasteiger partial charge in [0.25, 0.3) is 0 Å². The van der Waals surface area contributed by atoms with Gasteiger partial charge in [-0.3, -0.25) is 15.0 Å². The van der Waals surface area contributed by atoms with E-state index in [2.05, 4.69) is 21.4 Å². The van der Waals surface area contributed by atoms with E-state index in [1.165, 1.54) is 11.1 Å². The fraction of sp³-hybridized carbons (Fsp3) is 0.412. The Morgan fingerprint density at radius 1 is 1.48 bits per heavy atom. The first-order valence-electron chi connectivity index (χ1n) is 7.71. The number of nitrogens with zero attached hydrogens (tertiary/aromatic N) is 2. The van der Waals surface area contributed by atoms with Crippen LogP contribution >= 0.6 is 0 Å². The summed E-state index contributed by atoms with van der Waals surface area (Å²) < 4.78 is 10.5. The van der Waals surface area contributed by atoms with Gasteiger partial charge in [0.05, 0.1) is 18.8 Å². The lowest BCUT2D eigenvalue weighted by Gasteiger charge is -2.33. The summed E-state index contributed by atoms with van der Waals surface area (Å²) in [6.07, 6.45) is 0.873. The van der Waals surface area contributed by atoms with Gasteiger partial charge >= 0.3 is 0 Å². The molecule has 1 amide bonds. The van der Waals surface area contributed by atoms with Crippen LogP contribution in [0.3, 0.4) is 0 Å². The van der Waals surface area contributed by atoms with Crippen LogP contribution in [0.25, 0.3) is 0 Å². The number of carbonyl (C=O) groups is 1. The van der Waals surface area contributed by atoms with Crippen molar-refractivity contribution in [1.29, 1.82) is 0 Å². The van der Waals surface area contributed by atoms with Crippen LogP contribution in [0.5, 0.6) is 5.75 Å². The number of hydrogen-bond donors (Lipinski definition) is 1. The molecule has 2 aromatic rings. The van der Waals surface area contributed by atoms with Crippen LogP contribution in [-0.4, -0.2) is 35.7 Å². The van der Waals surface area contributed by atoms with Crippen LogP contribution in [0.15, 0.2) is 28.8 Å². The second-order valence-corrected chi connectivity index (χ2v) is 5.82. The summed E-state index contributed by atoms with van der Waals surface area (Å²) in [7, 11) is 1.69. The largest absolute Gasteiger partial charge is 0.496 e. The molecule has 0 saturated carbocycles. The first-order valence-corrected chi connectivity index (χ1v) is 7.71. The van der Waals surface area contributed by atoms with Crippen molar-refractivity contribution in [2.45, 2.75) is 32.9 Å². The highest BCUT2D eigenvalue weighted by Crippen LogP contribution is 2.28. The minimum Gasteiger partial charge on any atom is -0.496 e. The summed E-state index contributed by atoms with van der Waals surface area (Å²) in [6, 6.07) is 7.52.